The van der Waals surface area contributed by atoms with Crippen LogP contribution in [0.25, 0.3) is 0 Å². The van der Waals surface area contributed by atoms with E-state index in [2.05, 4.69) is 0 Å². The number of carbonyl (C=O) groups excluding carboxylic acids is 1. The van der Waals surface area contributed by atoms with Crippen molar-refractivity contribution in [3.05, 3.63) is 23.8 Å². The van der Waals surface area contributed by atoms with E-state index in [-0.39, 0.29) is 11.7 Å². The summed E-state index contributed by atoms with van der Waals surface area (Å²) in [4.78, 5) is 10.6. The third-order valence-electron chi connectivity index (χ3n) is 1.98. The van der Waals surface area contributed by atoms with E-state index in [4.69, 9.17) is 9.47 Å². The Kier molecular flexibility index (Phi) is 2.04. The molecule has 0 N–H and O–H groups in total. The zero-order chi connectivity index (χ0) is 10.1. The molecule has 4 nitrogen and oxygen atoms in total. The molecular formula is C10H9O4-. The summed E-state index contributed by atoms with van der Waals surface area (Å²) < 4.78 is 10.7. The summed E-state index contributed by atoms with van der Waals surface area (Å²) in [6.07, 6.45) is -0.0560. The van der Waals surface area contributed by atoms with Gasteiger partial charge in [-0.15, -0.1) is 0 Å². The first-order chi connectivity index (χ1) is 6.66. The highest BCUT2D eigenvalue weighted by atomic mass is 16.6. The third-order valence-corrected chi connectivity index (χ3v) is 1.98. The van der Waals surface area contributed by atoms with E-state index >= 15 is 0 Å². The number of fused-ring (bicyclic) bond motifs is 1. The number of benzene rings is 1. The minimum Gasteiger partial charge on any atom is -0.545 e. The van der Waals surface area contributed by atoms with Crippen molar-refractivity contribution in [2.75, 3.05) is 6.61 Å². The topological polar surface area (TPSA) is 58.6 Å². The smallest absolute Gasteiger partial charge is 0.162 e. The molecule has 0 radical (unpaired) electrons. The highest BCUT2D eigenvalue weighted by Gasteiger charge is 2.17. The predicted octanol–water partition coefficient (Wildman–Crippen LogP) is 0.210. The Morgan fingerprint density at radius 3 is 3.00 bits per heavy atom. The molecule has 1 aliphatic rings. The molecule has 0 saturated carbocycles. The monoisotopic (exact) mass is 193 g/mol. The lowest BCUT2D eigenvalue weighted by atomic mass is 10.2. The van der Waals surface area contributed by atoms with Crippen LogP contribution in [0.4, 0.5) is 0 Å². The summed E-state index contributed by atoms with van der Waals surface area (Å²) in [5.74, 6) is -0.173. The van der Waals surface area contributed by atoms with E-state index in [0.717, 1.165) is 0 Å². The summed E-state index contributed by atoms with van der Waals surface area (Å²) in [5.41, 5.74) is 0.0986. The van der Waals surface area contributed by atoms with Crippen LogP contribution in [0.1, 0.15) is 17.3 Å². The molecule has 4 heteroatoms. The molecule has 0 bridgehead atoms. The van der Waals surface area contributed by atoms with E-state index in [0.29, 0.717) is 18.1 Å². The van der Waals surface area contributed by atoms with Gasteiger partial charge in [0, 0.05) is 5.56 Å². The maximum absolute atomic E-state index is 10.6. The van der Waals surface area contributed by atoms with Gasteiger partial charge in [-0.05, 0) is 25.1 Å². The van der Waals surface area contributed by atoms with Gasteiger partial charge in [0.15, 0.2) is 11.5 Å². The molecule has 1 heterocycles. The third kappa shape index (κ3) is 1.51. The van der Waals surface area contributed by atoms with Crippen LogP contribution in [-0.2, 0) is 0 Å². The second-order valence-electron chi connectivity index (χ2n) is 3.19. The lowest BCUT2D eigenvalue weighted by Gasteiger charge is -2.24. The number of rotatable bonds is 1. The first kappa shape index (κ1) is 8.87. The summed E-state index contributed by atoms with van der Waals surface area (Å²) >= 11 is 0. The fraction of sp³-hybridized carbons (Fsp3) is 0.300. The van der Waals surface area contributed by atoms with E-state index in [9.17, 15) is 9.90 Å². The molecular weight excluding hydrogens is 184 g/mol. The molecule has 0 saturated heterocycles. The van der Waals surface area contributed by atoms with Gasteiger partial charge in [0.1, 0.15) is 12.7 Å². The molecule has 2 rings (SSSR count). The van der Waals surface area contributed by atoms with Crippen LogP contribution in [0.3, 0.4) is 0 Å². The Balaban J connectivity index is 2.37. The first-order valence-corrected chi connectivity index (χ1v) is 4.31. The van der Waals surface area contributed by atoms with Gasteiger partial charge >= 0.3 is 0 Å². The zero-order valence-electron chi connectivity index (χ0n) is 7.65. The average Bonchev–Trinajstić information content (AvgIpc) is 2.16. The first-order valence-electron chi connectivity index (χ1n) is 4.31. The van der Waals surface area contributed by atoms with Crippen LogP contribution in [0.15, 0.2) is 18.2 Å². The van der Waals surface area contributed by atoms with Gasteiger partial charge in [-0.3, -0.25) is 0 Å². The summed E-state index contributed by atoms with van der Waals surface area (Å²) in [5, 5.41) is 10.6. The second-order valence-corrected chi connectivity index (χ2v) is 3.19. The molecule has 0 amide bonds. The number of carboxylic acids is 1. The Morgan fingerprint density at radius 1 is 1.50 bits per heavy atom. The number of carbonyl (C=O) groups is 1. The molecule has 14 heavy (non-hydrogen) atoms. The Morgan fingerprint density at radius 2 is 2.29 bits per heavy atom. The van der Waals surface area contributed by atoms with Crippen LogP contribution >= 0.6 is 0 Å². The fourth-order valence-electron chi connectivity index (χ4n) is 1.30. The highest BCUT2D eigenvalue weighted by Crippen LogP contribution is 2.32. The highest BCUT2D eigenvalue weighted by molar-refractivity contribution is 5.86. The standard InChI is InChI=1S/C10H10O4/c1-6-5-13-8-3-2-7(10(11)12)4-9(8)14-6/h2-4,6H,5H2,1H3,(H,11,12)/p-1. The largest absolute Gasteiger partial charge is 0.545 e. The minimum atomic E-state index is -1.21. The summed E-state index contributed by atoms with van der Waals surface area (Å²) in [6.45, 7) is 2.34. The molecule has 0 aromatic heterocycles. The normalized spacial score (nSPS) is 19.1. The predicted molar refractivity (Wildman–Crippen MR) is 46.4 cm³/mol. The fourth-order valence-corrected chi connectivity index (χ4v) is 1.30. The van der Waals surface area contributed by atoms with Gasteiger partial charge in [-0.1, -0.05) is 0 Å². The molecule has 1 aromatic rings. The average molecular weight is 193 g/mol. The Labute approximate surface area is 81.1 Å². The van der Waals surface area contributed by atoms with Crippen molar-refractivity contribution in [3.63, 3.8) is 0 Å². The molecule has 0 spiro atoms. The van der Waals surface area contributed by atoms with Crippen molar-refractivity contribution < 1.29 is 19.4 Å². The van der Waals surface area contributed by atoms with E-state index < -0.39 is 5.97 Å². The van der Waals surface area contributed by atoms with E-state index in [1.54, 1.807) is 6.07 Å². The number of hydrogen-bond donors (Lipinski definition) is 0. The number of hydrogen-bond acceptors (Lipinski definition) is 4. The van der Waals surface area contributed by atoms with E-state index in [1.165, 1.54) is 12.1 Å². The van der Waals surface area contributed by atoms with E-state index in [1.807, 2.05) is 6.92 Å². The SMILES string of the molecule is CC1COc2ccc(C(=O)[O-])cc2O1. The Bertz CT molecular complexity index is 372. The summed E-state index contributed by atoms with van der Waals surface area (Å²) in [7, 11) is 0. The van der Waals surface area contributed by atoms with Crippen molar-refractivity contribution in [3.8, 4) is 11.5 Å². The lowest BCUT2D eigenvalue weighted by Crippen LogP contribution is -2.27. The zero-order valence-corrected chi connectivity index (χ0v) is 7.65. The molecule has 0 fully saturated rings. The molecule has 1 unspecified atom stereocenters. The van der Waals surface area contributed by atoms with Gasteiger partial charge < -0.3 is 19.4 Å². The van der Waals surface area contributed by atoms with Crippen molar-refractivity contribution >= 4 is 5.97 Å². The van der Waals surface area contributed by atoms with Crippen LogP contribution in [0.5, 0.6) is 11.5 Å². The van der Waals surface area contributed by atoms with Gasteiger partial charge in [0.05, 0.1) is 5.97 Å². The molecule has 1 aliphatic heterocycles. The Hall–Kier alpha value is -1.71. The maximum Gasteiger partial charge on any atom is 0.162 e. The molecule has 1 atom stereocenters. The van der Waals surface area contributed by atoms with Crippen molar-refractivity contribution in [2.45, 2.75) is 13.0 Å². The van der Waals surface area contributed by atoms with Gasteiger partial charge in [-0.25, -0.2) is 0 Å². The number of aromatic carboxylic acids is 1. The van der Waals surface area contributed by atoms with Gasteiger partial charge in [0.2, 0.25) is 0 Å². The second kappa shape index (κ2) is 3.21. The van der Waals surface area contributed by atoms with Crippen LogP contribution < -0.4 is 14.6 Å². The van der Waals surface area contributed by atoms with Crippen LogP contribution in [0, 0.1) is 0 Å². The lowest BCUT2D eigenvalue weighted by molar-refractivity contribution is -0.255. The molecule has 74 valence electrons. The summed E-state index contributed by atoms with van der Waals surface area (Å²) in [6, 6.07) is 4.43. The van der Waals surface area contributed by atoms with Crippen molar-refractivity contribution in [2.24, 2.45) is 0 Å². The van der Waals surface area contributed by atoms with Gasteiger partial charge in [-0.2, -0.15) is 0 Å². The molecule has 1 aromatic carbocycles. The van der Waals surface area contributed by atoms with Crippen LogP contribution in [-0.4, -0.2) is 18.7 Å². The molecule has 0 aliphatic carbocycles. The van der Waals surface area contributed by atoms with Crippen LogP contribution in [0.2, 0.25) is 0 Å². The van der Waals surface area contributed by atoms with Crippen molar-refractivity contribution in [1.82, 2.24) is 0 Å². The minimum absolute atomic E-state index is 0.0560. The number of ether oxygens (including phenoxy) is 2. The van der Waals surface area contributed by atoms with Crippen molar-refractivity contribution in [1.29, 1.82) is 0 Å². The van der Waals surface area contributed by atoms with Gasteiger partial charge in [0.25, 0.3) is 0 Å². The maximum atomic E-state index is 10.6. The number of carboxylic acid groups (broad SMARTS) is 1. The quantitative estimate of drug-likeness (QED) is 0.639.